The number of rotatable bonds is 5. The Morgan fingerprint density at radius 2 is 2.07 bits per heavy atom. The van der Waals surface area contributed by atoms with E-state index in [0.29, 0.717) is 30.5 Å². The molecule has 4 heterocycles. The number of hydrogen-bond acceptors (Lipinski definition) is 7. The van der Waals surface area contributed by atoms with Crippen LogP contribution in [0.25, 0.3) is 11.0 Å². The lowest BCUT2D eigenvalue weighted by molar-refractivity contribution is 0.291. The first-order chi connectivity index (χ1) is 14.3. The third-order valence-corrected chi connectivity index (χ3v) is 6.74. The molecular formula is C20H26FN7OS. The second-order valence-electron chi connectivity index (χ2n) is 7.84. The number of piperidine rings is 1. The van der Waals surface area contributed by atoms with Gasteiger partial charge in [0.15, 0.2) is 0 Å². The quantitative estimate of drug-likeness (QED) is 0.664. The number of imidazole rings is 1. The lowest BCUT2D eigenvalue weighted by atomic mass is 10.1. The number of aryl methyl sites for hydroxylation is 1. The molecule has 0 bridgehead atoms. The fraction of sp³-hybridized carbons (Fsp3) is 0.500. The number of hydrogen-bond donors (Lipinski definition) is 1. The van der Waals surface area contributed by atoms with Crippen LogP contribution in [0, 0.1) is 6.92 Å². The first kappa shape index (κ1) is 20.6. The SMILES string of the molecule is Cc1nc2cnc(Nc3ccnc(N4CC[C@H](S(C)=O)[C@H](F)C4)n3)cc2n1C(C)C. The number of alkyl halides is 1. The van der Waals surface area contributed by atoms with Crippen molar-refractivity contribution in [3.05, 3.63) is 30.4 Å². The van der Waals surface area contributed by atoms with Crippen LogP contribution >= 0.6 is 0 Å². The summed E-state index contributed by atoms with van der Waals surface area (Å²) in [6.45, 7) is 6.94. The van der Waals surface area contributed by atoms with Crippen molar-refractivity contribution >= 4 is 39.4 Å². The third kappa shape index (κ3) is 4.00. The Morgan fingerprint density at radius 1 is 1.27 bits per heavy atom. The zero-order chi connectivity index (χ0) is 21.4. The Bertz CT molecular complexity index is 1090. The van der Waals surface area contributed by atoms with Gasteiger partial charge in [0.25, 0.3) is 0 Å². The molecule has 0 saturated carbocycles. The number of halogens is 1. The van der Waals surface area contributed by atoms with E-state index in [4.69, 9.17) is 0 Å². The maximum atomic E-state index is 14.4. The van der Waals surface area contributed by atoms with Crippen LogP contribution in [0.4, 0.5) is 22.0 Å². The summed E-state index contributed by atoms with van der Waals surface area (Å²) in [6, 6.07) is 3.99. The minimum absolute atomic E-state index is 0.144. The van der Waals surface area contributed by atoms with Crippen LogP contribution in [0.5, 0.6) is 0 Å². The molecule has 1 aliphatic rings. The fourth-order valence-electron chi connectivity index (χ4n) is 3.98. The molecular weight excluding hydrogens is 405 g/mol. The van der Waals surface area contributed by atoms with E-state index >= 15 is 0 Å². The van der Waals surface area contributed by atoms with Crippen LogP contribution in [0.1, 0.15) is 32.1 Å². The summed E-state index contributed by atoms with van der Waals surface area (Å²) in [7, 11) is -1.17. The van der Waals surface area contributed by atoms with Crippen LogP contribution < -0.4 is 10.2 Å². The van der Waals surface area contributed by atoms with Crippen molar-refractivity contribution < 1.29 is 8.60 Å². The molecule has 1 aliphatic heterocycles. The van der Waals surface area contributed by atoms with Crippen LogP contribution in [-0.4, -0.2) is 59.5 Å². The van der Waals surface area contributed by atoms with Gasteiger partial charge < -0.3 is 14.8 Å². The molecule has 30 heavy (non-hydrogen) atoms. The molecule has 1 saturated heterocycles. The van der Waals surface area contributed by atoms with Crippen molar-refractivity contribution in [3.8, 4) is 0 Å². The molecule has 1 N–H and O–H groups in total. The molecule has 0 amide bonds. The number of aromatic nitrogens is 5. The molecule has 1 fully saturated rings. The Labute approximate surface area is 177 Å². The number of fused-ring (bicyclic) bond motifs is 1. The molecule has 160 valence electrons. The van der Waals surface area contributed by atoms with Gasteiger partial charge in [-0.2, -0.15) is 4.98 Å². The van der Waals surface area contributed by atoms with E-state index in [-0.39, 0.29) is 12.6 Å². The predicted octanol–water partition coefficient (Wildman–Crippen LogP) is 3.15. The van der Waals surface area contributed by atoms with Crippen LogP contribution in [-0.2, 0) is 10.8 Å². The Morgan fingerprint density at radius 3 is 2.77 bits per heavy atom. The predicted molar refractivity (Wildman–Crippen MR) is 118 cm³/mol. The molecule has 0 aliphatic carbocycles. The van der Waals surface area contributed by atoms with Gasteiger partial charge in [-0.15, -0.1) is 0 Å². The molecule has 3 aromatic rings. The molecule has 4 rings (SSSR count). The van der Waals surface area contributed by atoms with Gasteiger partial charge in [-0.25, -0.2) is 19.3 Å². The Balaban J connectivity index is 1.55. The van der Waals surface area contributed by atoms with E-state index in [9.17, 15) is 8.60 Å². The summed E-state index contributed by atoms with van der Waals surface area (Å²) < 4.78 is 28.2. The van der Waals surface area contributed by atoms with Crippen molar-refractivity contribution in [2.45, 2.75) is 44.7 Å². The maximum absolute atomic E-state index is 14.4. The number of anilines is 3. The van der Waals surface area contributed by atoms with Crippen molar-refractivity contribution in [2.24, 2.45) is 0 Å². The zero-order valence-corrected chi connectivity index (χ0v) is 18.4. The van der Waals surface area contributed by atoms with Gasteiger partial charge in [0.1, 0.15) is 29.1 Å². The van der Waals surface area contributed by atoms with Gasteiger partial charge in [0, 0.05) is 41.9 Å². The normalized spacial score (nSPS) is 20.7. The smallest absolute Gasteiger partial charge is 0.227 e. The lowest BCUT2D eigenvalue weighted by Crippen LogP contribution is -2.46. The molecule has 0 radical (unpaired) electrons. The Kier molecular flexibility index (Phi) is 5.68. The van der Waals surface area contributed by atoms with E-state index in [2.05, 4.69) is 43.7 Å². The Hall–Kier alpha value is -2.62. The largest absolute Gasteiger partial charge is 0.338 e. The number of pyridine rings is 1. The highest BCUT2D eigenvalue weighted by Gasteiger charge is 2.32. The van der Waals surface area contributed by atoms with Gasteiger partial charge in [0.2, 0.25) is 5.95 Å². The minimum Gasteiger partial charge on any atom is -0.338 e. The van der Waals surface area contributed by atoms with Crippen molar-refractivity contribution in [1.82, 2.24) is 24.5 Å². The first-order valence-electron chi connectivity index (χ1n) is 9.99. The molecule has 3 atom stereocenters. The first-order valence-corrected chi connectivity index (χ1v) is 11.6. The molecule has 10 heteroatoms. The monoisotopic (exact) mass is 431 g/mol. The third-order valence-electron chi connectivity index (χ3n) is 5.36. The van der Waals surface area contributed by atoms with E-state index in [1.54, 1.807) is 29.6 Å². The average molecular weight is 432 g/mol. The van der Waals surface area contributed by atoms with E-state index in [0.717, 1.165) is 16.9 Å². The minimum atomic E-state index is -1.17. The average Bonchev–Trinajstić information content (AvgIpc) is 3.03. The van der Waals surface area contributed by atoms with Gasteiger partial charge in [-0.1, -0.05) is 0 Å². The molecule has 3 aromatic heterocycles. The topological polar surface area (TPSA) is 88.8 Å². The van der Waals surface area contributed by atoms with E-state index in [1.807, 2.05) is 13.0 Å². The summed E-state index contributed by atoms with van der Waals surface area (Å²) in [5.74, 6) is 2.63. The van der Waals surface area contributed by atoms with Crippen molar-refractivity contribution in [3.63, 3.8) is 0 Å². The summed E-state index contributed by atoms with van der Waals surface area (Å²) in [5, 5.41) is 2.79. The standard InChI is InChI=1S/C20H26FN7OS/c1-12(2)28-13(3)24-15-10-23-19(9-16(15)28)25-18-5-7-22-20(26-18)27-8-6-17(30(4)29)14(21)11-27/h5,7,9-10,12,14,17H,6,8,11H2,1-4H3,(H,22,23,25,26)/t14-,17+,30?/m1/s1. The highest BCUT2D eigenvalue weighted by atomic mass is 32.2. The van der Waals surface area contributed by atoms with Crippen molar-refractivity contribution in [1.29, 1.82) is 0 Å². The molecule has 8 nitrogen and oxygen atoms in total. The van der Waals surface area contributed by atoms with Crippen molar-refractivity contribution in [2.75, 3.05) is 29.6 Å². The number of nitrogens with one attached hydrogen (secondary N) is 1. The van der Waals surface area contributed by atoms with Gasteiger partial charge in [0.05, 0.1) is 23.5 Å². The molecule has 1 unspecified atom stereocenters. The van der Waals surface area contributed by atoms with Crippen LogP contribution in [0.2, 0.25) is 0 Å². The highest BCUT2D eigenvalue weighted by Crippen LogP contribution is 2.25. The van der Waals surface area contributed by atoms with Gasteiger partial charge >= 0.3 is 0 Å². The highest BCUT2D eigenvalue weighted by molar-refractivity contribution is 7.85. The van der Waals surface area contributed by atoms with E-state index < -0.39 is 22.2 Å². The maximum Gasteiger partial charge on any atom is 0.227 e. The zero-order valence-electron chi connectivity index (χ0n) is 17.5. The van der Waals surface area contributed by atoms with Gasteiger partial charge in [-0.05, 0) is 33.3 Å². The molecule has 0 spiro atoms. The summed E-state index contributed by atoms with van der Waals surface area (Å²) in [4.78, 5) is 19.6. The lowest BCUT2D eigenvalue weighted by Gasteiger charge is -2.33. The summed E-state index contributed by atoms with van der Waals surface area (Å²) >= 11 is 0. The second kappa shape index (κ2) is 8.25. The fourth-order valence-corrected chi connectivity index (χ4v) is 4.92. The van der Waals surface area contributed by atoms with Crippen LogP contribution in [0.15, 0.2) is 24.5 Å². The summed E-state index contributed by atoms with van der Waals surface area (Å²) in [6.07, 6.45) is 4.30. The van der Waals surface area contributed by atoms with Gasteiger partial charge in [-0.3, -0.25) is 4.21 Å². The van der Waals surface area contributed by atoms with Crippen LogP contribution in [0.3, 0.4) is 0 Å². The molecule has 0 aromatic carbocycles. The second-order valence-corrected chi connectivity index (χ2v) is 9.44. The summed E-state index contributed by atoms with van der Waals surface area (Å²) in [5.41, 5.74) is 1.85. The van der Waals surface area contributed by atoms with E-state index in [1.165, 1.54) is 0 Å². The number of nitrogens with zero attached hydrogens (tertiary/aromatic N) is 6.